The summed E-state index contributed by atoms with van der Waals surface area (Å²) in [6, 6.07) is 13.1. The van der Waals surface area contributed by atoms with Gasteiger partial charge in [-0.1, -0.05) is 6.07 Å². The van der Waals surface area contributed by atoms with Crippen LogP contribution in [0.3, 0.4) is 0 Å². The number of benzene rings is 2. The molecule has 5 rings (SSSR count). The molecule has 182 valence electrons. The molecule has 2 atom stereocenters. The Kier molecular flexibility index (Phi) is 6.19. The molecule has 3 heterocycles. The van der Waals surface area contributed by atoms with Gasteiger partial charge in [0, 0.05) is 65.8 Å². The van der Waals surface area contributed by atoms with Crippen molar-refractivity contribution in [3.05, 3.63) is 66.0 Å². The highest BCUT2D eigenvalue weighted by molar-refractivity contribution is 5.98. The Labute approximate surface area is 203 Å². The molecule has 1 amide bonds. The molecule has 1 aliphatic heterocycles. The Morgan fingerprint density at radius 2 is 2.09 bits per heavy atom. The normalized spacial score (nSPS) is 16.9. The van der Waals surface area contributed by atoms with Gasteiger partial charge in [0.05, 0.1) is 18.8 Å². The fourth-order valence-corrected chi connectivity index (χ4v) is 4.79. The summed E-state index contributed by atoms with van der Waals surface area (Å²) in [6.07, 6.45) is 4.51. The van der Waals surface area contributed by atoms with Crippen LogP contribution in [-0.2, 0) is 7.05 Å². The Morgan fingerprint density at radius 3 is 2.77 bits per heavy atom. The number of aliphatic hydroxyl groups excluding tert-OH is 1. The smallest absolute Gasteiger partial charge is 0.251 e. The van der Waals surface area contributed by atoms with Crippen LogP contribution in [-0.4, -0.2) is 52.0 Å². The third kappa shape index (κ3) is 4.60. The Hall–Kier alpha value is -3.82. The van der Waals surface area contributed by atoms with E-state index in [1.165, 1.54) is 0 Å². The molecule has 2 aromatic carbocycles. The third-order valence-electron chi connectivity index (χ3n) is 6.59. The minimum Gasteiger partial charge on any atom is -0.497 e. The van der Waals surface area contributed by atoms with Gasteiger partial charge in [-0.15, -0.1) is 0 Å². The fourth-order valence-electron chi connectivity index (χ4n) is 4.79. The Bertz CT molecular complexity index is 1340. The van der Waals surface area contributed by atoms with Crippen molar-refractivity contribution in [1.82, 2.24) is 20.1 Å². The number of anilines is 1. The first kappa shape index (κ1) is 22.9. The minimum atomic E-state index is -1.09. The van der Waals surface area contributed by atoms with Crippen molar-refractivity contribution in [2.24, 2.45) is 12.8 Å². The summed E-state index contributed by atoms with van der Waals surface area (Å²) in [5, 5.41) is 18.6. The quantitative estimate of drug-likeness (QED) is 0.319. The number of piperidine rings is 1. The average Bonchev–Trinajstić information content (AvgIpc) is 3.50. The molecule has 4 aromatic rings. The summed E-state index contributed by atoms with van der Waals surface area (Å²) >= 11 is 0. The molecular weight excluding hydrogens is 444 g/mol. The fraction of sp³-hybridized carbons (Fsp3) is 0.308. The lowest BCUT2D eigenvalue weighted by Crippen LogP contribution is -2.47. The lowest BCUT2D eigenvalue weighted by molar-refractivity contribution is 0.0933. The standard InChI is InChI=1S/C26H30N6O3/c1-31-14-17(13-28-31)22-12-21-23(10-9-20(25(27)33)24(21)30-22)32-11-3-4-18(15-32)29-26(34)16-5-7-19(35-2)8-6-16/h5-10,12-14,18,25,30,33H,3-4,11,15,27H2,1-2H3,(H,29,34). The molecule has 9 nitrogen and oxygen atoms in total. The van der Waals surface area contributed by atoms with Crippen molar-refractivity contribution in [3.63, 3.8) is 0 Å². The molecule has 0 spiro atoms. The number of nitrogens with one attached hydrogen (secondary N) is 2. The minimum absolute atomic E-state index is 0.0184. The molecule has 5 N–H and O–H groups in total. The number of carbonyl (C=O) groups excluding carboxylic acids is 1. The second kappa shape index (κ2) is 9.44. The highest BCUT2D eigenvalue weighted by atomic mass is 16.5. The zero-order valence-corrected chi connectivity index (χ0v) is 19.9. The van der Waals surface area contributed by atoms with Crippen molar-refractivity contribution in [2.75, 3.05) is 25.1 Å². The largest absolute Gasteiger partial charge is 0.497 e. The van der Waals surface area contributed by atoms with Crippen LogP contribution in [0, 0.1) is 0 Å². The van der Waals surface area contributed by atoms with E-state index in [9.17, 15) is 9.90 Å². The number of carbonyl (C=O) groups is 1. The van der Waals surface area contributed by atoms with Gasteiger partial charge in [0.1, 0.15) is 12.0 Å². The van der Waals surface area contributed by atoms with E-state index in [1.54, 1.807) is 42.3 Å². The van der Waals surface area contributed by atoms with E-state index in [0.29, 0.717) is 17.7 Å². The summed E-state index contributed by atoms with van der Waals surface area (Å²) in [7, 11) is 3.48. The lowest BCUT2D eigenvalue weighted by Gasteiger charge is -2.35. The van der Waals surface area contributed by atoms with Gasteiger partial charge in [-0.25, -0.2) is 0 Å². The topological polar surface area (TPSA) is 121 Å². The highest BCUT2D eigenvalue weighted by Gasteiger charge is 2.25. The number of ether oxygens (including phenoxy) is 1. The number of hydrogen-bond acceptors (Lipinski definition) is 6. The maximum Gasteiger partial charge on any atom is 0.251 e. The molecule has 2 aromatic heterocycles. The maximum atomic E-state index is 12.8. The van der Waals surface area contributed by atoms with Crippen molar-refractivity contribution < 1.29 is 14.6 Å². The van der Waals surface area contributed by atoms with Gasteiger partial charge in [-0.3, -0.25) is 9.48 Å². The first-order chi connectivity index (χ1) is 16.9. The molecule has 9 heteroatoms. The number of aryl methyl sites for hydroxylation is 1. The summed E-state index contributed by atoms with van der Waals surface area (Å²) in [5.74, 6) is 0.629. The molecule has 0 saturated carbocycles. The van der Waals surface area contributed by atoms with E-state index in [0.717, 1.165) is 53.0 Å². The summed E-state index contributed by atoms with van der Waals surface area (Å²) in [6.45, 7) is 1.57. The first-order valence-electron chi connectivity index (χ1n) is 11.7. The molecule has 0 radical (unpaired) electrons. The van der Waals surface area contributed by atoms with Gasteiger partial charge in [-0.05, 0) is 49.2 Å². The number of rotatable bonds is 6. The molecule has 1 fully saturated rings. The van der Waals surface area contributed by atoms with Crippen LogP contribution in [0.25, 0.3) is 22.2 Å². The van der Waals surface area contributed by atoms with Crippen molar-refractivity contribution >= 4 is 22.5 Å². The number of amides is 1. The van der Waals surface area contributed by atoms with Gasteiger partial charge in [0.25, 0.3) is 5.91 Å². The van der Waals surface area contributed by atoms with Crippen LogP contribution >= 0.6 is 0 Å². The Morgan fingerprint density at radius 1 is 1.29 bits per heavy atom. The average molecular weight is 475 g/mol. The number of hydrogen-bond donors (Lipinski definition) is 4. The number of aromatic amines is 1. The van der Waals surface area contributed by atoms with Gasteiger partial charge < -0.3 is 30.8 Å². The zero-order valence-electron chi connectivity index (χ0n) is 19.9. The number of nitrogens with zero attached hydrogens (tertiary/aromatic N) is 3. The van der Waals surface area contributed by atoms with E-state index >= 15 is 0 Å². The predicted octanol–water partition coefficient (Wildman–Crippen LogP) is 2.93. The van der Waals surface area contributed by atoms with Gasteiger partial charge in [0.2, 0.25) is 0 Å². The monoisotopic (exact) mass is 474 g/mol. The zero-order chi connectivity index (χ0) is 24.5. The molecule has 2 unspecified atom stereocenters. The molecule has 0 bridgehead atoms. The lowest BCUT2D eigenvalue weighted by atomic mass is 10.0. The summed E-state index contributed by atoms with van der Waals surface area (Å²) < 4.78 is 6.93. The SMILES string of the molecule is COc1ccc(C(=O)NC2CCCN(c3ccc(C(N)O)c4[nH]c(-c5cnn(C)c5)cc34)C2)cc1. The maximum absolute atomic E-state index is 12.8. The van der Waals surface area contributed by atoms with E-state index in [4.69, 9.17) is 10.5 Å². The molecule has 35 heavy (non-hydrogen) atoms. The first-order valence-corrected chi connectivity index (χ1v) is 11.7. The molecule has 0 aliphatic carbocycles. The number of aromatic nitrogens is 3. The van der Waals surface area contributed by atoms with E-state index in [1.807, 2.05) is 25.4 Å². The molecule has 1 aliphatic rings. The van der Waals surface area contributed by atoms with Crippen LogP contribution < -0.4 is 20.7 Å². The van der Waals surface area contributed by atoms with Crippen molar-refractivity contribution in [2.45, 2.75) is 25.1 Å². The van der Waals surface area contributed by atoms with E-state index < -0.39 is 6.23 Å². The molecule has 1 saturated heterocycles. The summed E-state index contributed by atoms with van der Waals surface area (Å²) in [4.78, 5) is 18.5. The number of H-pyrrole nitrogens is 1. The van der Waals surface area contributed by atoms with Gasteiger partial charge in [0.15, 0.2) is 0 Å². The van der Waals surface area contributed by atoms with Crippen LogP contribution in [0.1, 0.15) is 35.0 Å². The summed E-state index contributed by atoms with van der Waals surface area (Å²) in [5.41, 5.74) is 10.8. The molecular formula is C26H30N6O3. The second-order valence-corrected chi connectivity index (χ2v) is 8.98. The van der Waals surface area contributed by atoms with E-state index in [-0.39, 0.29) is 11.9 Å². The van der Waals surface area contributed by atoms with Gasteiger partial charge >= 0.3 is 0 Å². The van der Waals surface area contributed by atoms with Crippen molar-refractivity contribution in [1.29, 1.82) is 0 Å². The number of nitrogens with two attached hydrogens (primary N) is 1. The van der Waals surface area contributed by atoms with Crippen LogP contribution in [0.15, 0.2) is 54.9 Å². The number of fused-ring (bicyclic) bond motifs is 1. The van der Waals surface area contributed by atoms with Crippen molar-refractivity contribution in [3.8, 4) is 17.0 Å². The van der Waals surface area contributed by atoms with Crippen LogP contribution in [0.4, 0.5) is 5.69 Å². The van der Waals surface area contributed by atoms with Gasteiger partial charge in [-0.2, -0.15) is 5.10 Å². The number of methoxy groups -OCH3 is 1. The third-order valence-corrected chi connectivity index (χ3v) is 6.59. The predicted molar refractivity (Wildman–Crippen MR) is 135 cm³/mol. The van der Waals surface area contributed by atoms with Crippen LogP contribution in [0.5, 0.6) is 5.75 Å². The van der Waals surface area contributed by atoms with Crippen LogP contribution in [0.2, 0.25) is 0 Å². The highest BCUT2D eigenvalue weighted by Crippen LogP contribution is 2.36. The Balaban J connectivity index is 1.41. The van der Waals surface area contributed by atoms with E-state index in [2.05, 4.69) is 26.4 Å². The number of aliphatic hydroxyl groups is 1. The second-order valence-electron chi connectivity index (χ2n) is 8.98.